The Morgan fingerprint density at radius 1 is 0.854 bits per heavy atom. The van der Waals surface area contributed by atoms with Gasteiger partial charge >= 0.3 is 0 Å². The Labute approximate surface area is 253 Å². The van der Waals surface area contributed by atoms with Crippen LogP contribution in [0, 0.1) is 13.8 Å². The highest BCUT2D eigenvalue weighted by molar-refractivity contribution is 8.26. The smallest absolute Gasteiger partial charge is 0.267 e. The third-order valence-corrected chi connectivity index (χ3v) is 9.15. The number of unbranched alkanes of at least 4 members (excludes halogenated alkanes) is 9. The Bertz CT molecular complexity index is 1340. The van der Waals surface area contributed by atoms with Crippen molar-refractivity contribution >= 4 is 63.0 Å². The number of thioether (sulfide) groups is 1. The van der Waals surface area contributed by atoms with Gasteiger partial charge in [-0.15, -0.1) is 0 Å². The highest BCUT2D eigenvalue weighted by Crippen LogP contribution is 2.44. The first-order valence-electron chi connectivity index (χ1n) is 14.9. The molecule has 218 valence electrons. The Morgan fingerprint density at radius 3 is 2.22 bits per heavy atom. The van der Waals surface area contributed by atoms with Crippen LogP contribution in [0.2, 0.25) is 0 Å². The van der Waals surface area contributed by atoms with Gasteiger partial charge in [-0.05, 0) is 43.5 Å². The maximum atomic E-state index is 13.7. The van der Waals surface area contributed by atoms with Crippen molar-refractivity contribution in [1.82, 2.24) is 4.90 Å². The average Bonchev–Trinajstić information content (AvgIpc) is 3.38. The normalized spacial score (nSPS) is 16.6. The Morgan fingerprint density at radius 2 is 1.51 bits per heavy atom. The molecule has 2 aromatic rings. The van der Waals surface area contributed by atoms with Crippen LogP contribution >= 0.6 is 24.0 Å². The third kappa shape index (κ3) is 7.66. The number of amides is 3. The molecule has 4 rings (SSSR count). The summed E-state index contributed by atoms with van der Waals surface area (Å²) in [6, 6.07) is 13.2. The maximum absolute atomic E-state index is 13.7. The highest BCUT2D eigenvalue weighted by atomic mass is 32.2. The monoisotopic (exact) mass is 591 g/mol. The first kappa shape index (κ1) is 31.0. The summed E-state index contributed by atoms with van der Waals surface area (Å²) < 4.78 is 0.491. The molecule has 0 radical (unpaired) electrons. The number of fused-ring (bicyclic) bond motifs is 1. The number of nitrogens with one attached hydrogen (secondary N) is 1. The van der Waals surface area contributed by atoms with Crippen LogP contribution in [0.25, 0.3) is 5.57 Å². The van der Waals surface area contributed by atoms with E-state index in [9.17, 15) is 14.4 Å². The van der Waals surface area contributed by atoms with E-state index in [1.165, 1.54) is 61.6 Å². The first-order chi connectivity index (χ1) is 19.8. The average molecular weight is 592 g/mol. The molecule has 0 saturated carbocycles. The lowest BCUT2D eigenvalue weighted by atomic mass is 10.1. The third-order valence-electron chi connectivity index (χ3n) is 7.70. The molecule has 2 aromatic carbocycles. The van der Waals surface area contributed by atoms with E-state index in [4.69, 9.17) is 12.2 Å². The van der Waals surface area contributed by atoms with E-state index in [2.05, 4.69) is 12.2 Å². The molecule has 2 aliphatic heterocycles. The van der Waals surface area contributed by atoms with Gasteiger partial charge in [-0.25, -0.2) is 0 Å². The summed E-state index contributed by atoms with van der Waals surface area (Å²) in [7, 11) is 0. The Kier molecular flexibility index (Phi) is 11.2. The predicted octanol–water partition coefficient (Wildman–Crippen LogP) is 7.78. The number of para-hydroxylation sites is 1. The number of rotatable bonds is 14. The van der Waals surface area contributed by atoms with Gasteiger partial charge in [-0.1, -0.05) is 119 Å². The first-order valence-corrected chi connectivity index (χ1v) is 16.1. The Balaban J connectivity index is 1.38. The van der Waals surface area contributed by atoms with Crippen LogP contribution in [-0.2, 0) is 14.4 Å². The van der Waals surface area contributed by atoms with Crippen molar-refractivity contribution < 1.29 is 14.4 Å². The van der Waals surface area contributed by atoms with E-state index < -0.39 is 0 Å². The molecule has 2 aliphatic rings. The number of hydrogen-bond donors (Lipinski definition) is 1. The fourth-order valence-corrected chi connectivity index (χ4v) is 6.74. The van der Waals surface area contributed by atoms with Crippen molar-refractivity contribution in [3.63, 3.8) is 0 Å². The number of hydrogen-bond acceptors (Lipinski definition) is 5. The molecule has 1 N–H and O–H groups in total. The standard InChI is InChI=1S/C33H41N3O3S2/c1-4-5-6-7-8-9-10-11-12-15-20-35-32(39)30(41-33(35)40)29-25-16-13-14-17-27(25)36(31(29)38)22-28(37)34-26-21-23(2)18-19-24(26)3/h13-14,16-19,21H,4-12,15,20,22H2,1-3H3,(H,34,37). The fourth-order valence-electron chi connectivity index (χ4n) is 5.36. The van der Waals surface area contributed by atoms with E-state index in [1.54, 1.807) is 4.90 Å². The van der Waals surface area contributed by atoms with Crippen LogP contribution in [0.3, 0.4) is 0 Å². The van der Waals surface area contributed by atoms with Crippen molar-refractivity contribution in [1.29, 1.82) is 0 Å². The fraction of sp³-hybridized carbons (Fsp3) is 0.455. The van der Waals surface area contributed by atoms with Crippen LogP contribution in [0.4, 0.5) is 11.4 Å². The maximum Gasteiger partial charge on any atom is 0.267 e. The van der Waals surface area contributed by atoms with Crippen molar-refractivity contribution in [2.24, 2.45) is 0 Å². The number of carbonyl (C=O) groups is 3. The molecule has 0 unspecified atom stereocenters. The molecule has 0 aromatic heterocycles. The van der Waals surface area contributed by atoms with Gasteiger partial charge in [-0.3, -0.25) is 24.2 Å². The van der Waals surface area contributed by atoms with E-state index in [0.717, 1.165) is 36.1 Å². The van der Waals surface area contributed by atoms with Crippen LogP contribution < -0.4 is 10.2 Å². The number of benzene rings is 2. The van der Waals surface area contributed by atoms with Gasteiger partial charge in [0.25, 0.3) is 11.8 Å². The minimum atomic E-state index is -0.346. The second-order valence-corrected chi connectivity index (χ2v) is 12.6. The largest absolute Gasteiger partial charge is 0.324 e. The van der Waals surface area contributed by atoms with Gasteiger partial charge < -0.3 is 5.32 Å². The number of thiocarbonyl (C=S) groups is 1. The van der Waals surface area contributed by atoms with Crippen molar-refractivity contribution in [3.8, 4) is 0 Å². The number of anilines is 2. The van der Waals surface area contributed by atoms with Gasteiger partial charge in [0.15, 0.2) is 0 Å². The topological polar surface area (TPSA) is 69.7 Å². The second-order valence-electron chi connectivity index (χ2n) is 11.0. The molecule has 0 aliphatic carbocycles. The molecule has 3 amide bonds. The van der Waals surface area contributed by atoms with Gasteiger partial charge in [-0.2, -0.15) is 0 Å². The lowest BCUT2D eigenvalue weighted by molar-refractivity contribution is -0.122. The van der Waals surface area contributed by atoms with Crippen LogP contribution in [0.5, 0.6) is 0 Å². The van der Waals surface area contributed by atoms with Gasteiger partial charge in [0.05, 0.1) is 16.2 Å². The summed E-state index contributed by atoms with van der Waals surface area (Å²) in [5.41, 5.74) is 4.34. The van der Waals surface area contributed by atoms with E-state index in [1.807, 2.05) is 56.3 Å². The van der Waals surface area contributed by atoms with Crippen LogP contribution in [-0.4, -0.2) is 40.0 Å². The zero-order valence-corrected chi connectivity index (χ0v) is 26.1. The van der Waals surface area contributed by atoms with Crippen molar-refractivity contribution in [2.75, 3.05) is 23.3 Å². The lowest BCUT2D eigenvalue weighted by Crippen LogP contribution is -2.35. The summed E-state index contributed by atoms with van der Waals surface area (Å²) in [6.07, 6.45) is 12.2. The molecular weight excluding hydrogens is 551 g/mol. The number of aryl methyl sites for hydroxylation is 2. The molecule has 6 nitrogen and oxygen atoms in total. The number of nitrogens with zero attached hydrogens (tertiary/aromatic N) is 2. The van der Waals surface area contributed by atoms with Gasteiger partial charge in [0, 0.05) is 17.8 Å². The zero-order chi connectivity index (χ0) is 29.4. The van der Waals surface area contributed by atoms with Gasteiger partial charge in [0.2, 0.25) is 5.91 Å². The quantitative estimate of drug-likeness (QED) is 0.138. The molecule has 1 fully saturated rings. The molecule has 2 heterocycles. The molecule has 0 spiro atoms. The van der Waals surface area contributed by atoms with Gasteiger partial charge in [0.1, 0.15) is 10.9 Å². The predicted molar refractivity (Wildman–Crippen MR) is 174 cm³/mol. The molecule has 8 heteroatoms. The summed E-state index contributed by atoms with van der Waals surface area (Å²) >= 11 is 6.77. The second kappa shape index (κ2) is 14.8. The lowest BCUT2D eigenvalue weighted by Gasteiger charge is -2.17. The van der Waals surface area contributed by atoms with E-state index >= 15 is 0 Å². The van der Waals surface area contributed by atoms with Crippen molar-refractivity contribution in [2.45, 2.75) is 85.0 Å². The Hall–Kier alpha value is -2.97. The molecule has 41 heavy (non-hydrogen) atoms. The summed E-state index contributed by atoms with van der Waals surface area (Å²) in [4.78, 5) is 43.7. The minimum Gasteiger partial charge on any atom is -0.324 e. The summed E-state index contributed by atoms with van der Waals surface area (Å²) in [5.74, 6) is -0.853. The zero-order valence-electron chi connectivity index (χ0n) is 24.5. The summed E-state index contributed by atoms with van der Waals surface area (Å²) in [6.45, 7) is 6.56. The van der Waals surface area contributed by atoms with E-state index in [0.29, 0.717) is 32.6 Å². The van der Waals surface area contributed by atoms with Crippen LogP contribution in [0.1, 0.15) is 87.8 Å². The molecular formula is C33H41N3O3S2. The molecule has 1 saturated heterocycles. The summed E-state index contributed by atoms with van der Waals surface area (Å²) in [5, 5.41) is 2.94. The van der Waals surface area contributed by atoms with Crippen LogP contribution in [0.15, 0.2) is 47.4 Å². The van der Waals surface area contributed by atoms with E-state index in [-0.39, 0.29) is 24.3 Å². The number of carbonyl (C=O) groups excluding carboxylic acids is 3. The molecule has 0 atom stereocenters. The SMILES string of the molecule is CCCCCCCCCCCCN1C(=O)C(=C2C(=O)N(CC(=O)Nc3cc(C)ccc3C)c3ccccc32)SC1=S. The minimum absolute atomic E-state index is 0.147. The van der Waals surface area contributed by atoms with Crippen molar-refractivity contribution in [3.05, 3.63) is 64.1 Å². The molecule has 0 bridgehead atoms. The highest BCUT2D eigenvalue weighted by Gasteiger charge is 2.42.